The monoisotopic (exact) mass is 459 g/mol. The quantitative estimate of drug-likeness (QED) is 0.447. The van der Waals surface area contributed by atoms with Gasteiger partial charge in [0.25, 0.3) is 0 Å². The molecule has 0 unspecified atom stereocenters. The topological polar surface area (TPSA) is 77.1 Å². The molecule has 1 N–H and O–H groups in total. The van der Waals surface area contributed by atoms with E-state index in [4.69, 9.17) is 23.2 Å². The van der Waals surface area contributed by atoms with E-state index in [0.29, 0.717) is 28.2 Å². The summed E-state index contributed by atoms with van der Waals surface area (Å²) in [6.45, 7) is 3.88. The molecule has 4 rings (SSSR count). The van der Waals surface area contributed by atoms with Gasteiger partial charge in [-0.2, -0.15) is 5.10 Å². The van der Waals surface area contributed by atoms with Crippen LogP contribution in [-0.4, -0.2) is 25.4 Å². The van der Waals surface area contributed by atoms with E-state index in [1.54, 1.807) is 29.7 Å². The van der Waals surface area contributed by atoms with Crippen LogP contribution in [0.25, 0.3) is 27.8 Å². The van der Waals surface area contributed by atoms with Gasteiger partial charge < -0.3 is 9.67 Å². The second kappa shape index (κ2) is 7.83. The number of carbonyl (C=O) groups is 1. The van der Waals surface area contributed by atoms with Gasteiger partial charge in [0.15, 0.2) is 5.82 Å². The Kier molecular flexibility index (Phi) is 5.33. The number of hydrogen-bond donors (Lipinski definition) is 1. The Morgan fingerprint density at radius 3 is 2.55 bits per heavy atom. The highest BCUT2D eigenvalue weighted by molar-refractivity contribution is 6.42. The van der Waals surface area contributed by atoms with Gasteiger partial charge >= 0.3 is 5.97 Å². The third-order valence-electron chi connectivity index (χ3n) is 5.14. The van der Waals surface area contributed by atoms with Gasteiger partial charge in [-0.15, -0.1) is 0 Å². The lowest BCUT2D eigenvalue weighted by molar-refractivity contribution is 0.0695. The molecule has 9 heteroatoms. The Hall–Kier alpha value is -3.16. The van der Waals surface area contributed by atoms with E-state index in [0.717, 1.165) is 0 Å². The molecule has 0 fully saturated rings. The number of carboxylic acid groups (broad SMARTS) is 1. The first-order valence-electron chi connectivity index (χ1n) is 9.35. The number of hydrogen-bond acceptors (Lipinski definition) is 3. The predicted octanol–water partition coefficient (Wildman–Crippen LogP) is 5.33. The number of aromatic nitrogens is 3. The van der Waals surface area contributed by atoms with Gasteiger partial charge in [0.1, 0.15) is 16.8 Å². The van der Waals surface area contributed by atoms with Gasteiger partial charge in [0.05, 0.1) is 15.7 Å². The van der Waals surface area contributed by atoms with Crippen molar-refractivity contribution in [3.05, 3.63) is 79.9 Å². The van der Waals surface area contributed by atoms with Crippen molar-refractivity contribution in [1.82, 2.24) is 14.3 Å². The molecule has 0 saturated carbocycles. The number of halogens is 3. The average molecular weight is 460 g/mol. The van der Waals surface area contributed by atoms with E-state index in [2.05, 4.69) is 5.10 Å². The molecular weight excluding hydrogens is 444 g/mol. The van der Waals surface area contributed by atoms with E-state index < -0.39 is 22.8 Å². The SMILES string of the molecule is CCn1c(C)c(-n2cc3cccc(F)c3n2)c(=O)c(C(=O)O)c1-c1ccc(Cl)c(Cl)c1. The number of aromatic carboxylic acids is 1. The summed E-state index contributed by atoms with van der Waals surface area (Å²) in [5.74, 6) is -1.92. The van der Waals surface area contributed by atoms with Crippen LogP contribution in [0, 0.1) is 12.7 Å². The Balaban J connectivity index is 2.10. The average Bonchev–Trinajstić information content (AvgIpc) is 3.14. The highest BCUT2D eigenvalue weighted by Gasteiger charge is 2.26. The Labute approximate surface area is 186 Å². The summed E-state index contributed by atoms with van der Waals surface area (Å²) < 4.78 is 17.1. The van der Waals surface area contributed by atoms with Crippen LogP contribution in [0.5, 0.6) is 0 Å². The van der Waals surface area contributed by atoms with Crippen LogP contribution >= 0.6 is 23.2 Å². The van der Waals surface area contributed by atoms with Crippen molar-refractivity contribution in [3.63, 3.8) is 0 Å². The Morgan fingerprint density at radius 1 is 1.19 bits per heavy atom. The van der Waals surface area contributed by atoms with Crippen molar-refractivity contribution in [3.8, 4) is 16.9 Å². The number of pyridine rings is 1. The second-order valence-electron chi connectivity index (χ2n) is 6.92. The van der Waals surface area contributed by atoms with Crippen molar-refractivity contribution in [2.75, 3.05) is 0 Å². The van der Waals surface area contributed by atoms with Crippen molar-refractivity contribution >= 4 is 40.1 Å². The van der Waals surface area contributed by atoms with Crippen LogP contribution in [0.1, 0.15) is 23.0 Å². The standard InChI is InChI=1S/C22H16Cl2FN3O3/c1-3-27-11(2)19(28-10-13-5-4-6-16(25)18(13)26-28)21(29)17(22(30)31)20(27)12-7-8-14(23)15(24)9-12/h4-10H,3H2,1-2H3,(H,30,31). The highest BCUT2D eigenvalue weighted by Crippen LogP contribution is 2.32. The van der Waals surface area contributed by atoms with Crippen LogP contribution in [0.4, 0.5) is 4.39 Å². The summed E-state index contributed by atoms with van der Waals surface area (Å²) in [5, 5.41) is 15.2. The van der Waals surface area contributed by atoms with Gasteiger partial charge in [-0.05, 0) is 32.0 Å². The summed E-state index contributed by atoms with van der Waals surface area (Å²) in [6, 6.07) is 9.15. The number of rotatable bonds is 4. The van der Waals surface area contributed by atoms with Gasteiger partial charge in [0, 0.05) is 29.4 Å². The maximum atomic E-state index is 14.1. The zero-order valence-electron chi connectivity index (χ0n) is 16.5. The van der Waals surface area contributed by atoms with E-state index in [1.807, 2.05) is 6.92 Å². The molecule has 0 spiro atoms. The smallest absolute Gasteiger partial charge is 0.341 e. The van der Waals surface area contributed by atoms with Gasteiger partial charge in [-0.3, -0.25) is 4.79 Å². The minimum Gasteiger partial charge on any atom is -0.477 e. The molecule has 0 saturated heterocycles. The Bertz CT molecular complexity index is 1430. The van der Waals surface area contributed by atoms with Crippen molar-refractivity contribution in [2.45, 2.75) is 20.4 Å². The molecule has 0 aliphatic heterocycles. The largest absolute Gasteiger partial charge is 0.477 e. The molecule has 2 heterocycles. The lowest BCUT2D eigenvalue weighted by Gasteiger charge is -2.21. The fraction of sp³-hybridized carbons (Fsp3) is 0.136. The highest BCUT2D eigenvalue weighted by atomic mass is 35.5. The molecule has 2 aromatic carbocycles. The summed E-state index contributed by atoms with van der Waals surface area (Å²) in [5.41, 5.74) is 0.102. The molecule has 0 atom stereocenters. The van der Waals surface area contributed by atoms with Gasteiger partial charge in [-0.25, -0.2) is 13.9 Å². The number of carboxylic acids is 1. The lowest BCUT2D eigenvalue weighted by Crippen LogP contribution is -2.28. The predicted molar refractivity (Wildman–Crippen MR) is 118 cm³/mol. The summed E-state index contributed by atoms with van der Waals surface area (Å²) >= 11 is 12.1. The maximum absolute atomic E-state index is 14.1. The van der Waals surface area contributed by atoms with Crippen LogP contribution in [0.3, 0.4) is 0 Å². The van der Waals surface area contributed by atoms with Crippen LogP contribution in [-0.2, 0) is 6.54 Å². The Morgan fingerprint density at radius 2 is 1.94 bits per heavy atom. The molecule has 0 bridgehead atoms. The number of benzene rings is 2. The summed E-state index contributed by atoms with van der Waals surface area (Å²) in [6.07, 6.45) is 1.51. The number of nitrogens with zero attached hydrogens (tertiary/aromatic N) is 3. The molecule has 0 radical (unpaired) electrons. The van der Waals surface area contributed by atoms with E-state index >= 15 is 0 Å². The molecule has 0 amide bonds. The van der Waals surface area contributed by atoms with Crippen LogP contribution in [0.15, 0.2) is 47.4 Å². The number of fused-ring (bicyclic) bond motifs is 1. The first kappa shape index (κ1) is 21.1. The molecule has 4 aromatic rings. The van der Waals surface area contributed by atoms with Crippen molar-refractivity contribution < 1.29 is 14.3 Å². The van der Waals surface area contributed by atoms with E-state index in [9.17, 15) is 19.1 Å². The van der Waals surface area contributed by atoms with Crippen molar-refractivity contribution in [1.29, 1.82) is 0 Å². The molecular formula is C22H16Cl2FN3O3. The molecule has 0 aliphatic carbocycles. The first-order chi connectivity index (χ1) is 14.7. The molecule has 31 heavy (non-hydrogen) atoms. The second-order valence-corrected chi connectivity index (χ2v) is 7.73. The minimum atomic E-state index is -1.39. The molecule has 6 nitrogen and oxygen atoms in total. The fourth-order valence-corrected chi connectivity index (χ4v) is 4.05. The zero-order valence-corrected chi connectivity index (χ0v) is 18.0. The molecule has 0 aliphatic rings. The normalized spacial score (nSPS) is 11.3. The van der Waals surface area contributed by atoms with Gasteiger partial charge in [0.2, 0.25) is 5.43 Å². The van der Waals surface area contributed by atoms with Crippen molar-refractivity contribution in [2.24, 2.45) is 0 Å². The molecule has 158 valence electrons. The molecule has 2 aromatic heterocycles. The third-order valence-corrected chi connectivity index (χ3v) is 5.87. The first-order valence-corrected chi connectivity index (χ1v) is 10.1. The van der Waals surface area contributed by atoms with Gasteiger partial charge in [-0.1, -0.05) is 41.4 Å². The summed E-state index contributed by atoms with van der Waals surface area (Å²) in [4.78, 5) is 25.6. The summed E-state index contributed by atoms with van der Waals surface area (Å²) in [7, 11) is 0. The minimum absolute atomic E-state index is 0.0404. The van der Waals surface area contributed by atoms with E-state index in [1.165, 1.54) is 29.1 Å². The van der Waals surface area contributed by atoms with Crippen LogP contribution in [0.2, 0.25) is 10.0 Å². The maximum Gasteiger partial charge on any atom is 0.341 e. The van der Waals surface area contributed by atoms with Crippen LogP contribution < -0.4 is 5.43 Å². The zero-order chi connectivity index (χ0) is 22.4. The lowest BCUT2D eigenvalue weighted by atomic mass is 10.0. The van der Waals surface area contributed by atoms with E-state index in [-0.39, 0.29) is 21.9 Å². The fourth-order valence-electron chi connectivity index (χ4n) is 3.75. The third kappa shape index (κ3) is 3.40.